The van der Waals surface area contributed by atoms with Gasteiger partial charge in [-0.15, -0.1) is 0 Å². The lowest BCUT2D eigenvalue weighted by atomic mass is 9.96. The summed E-state index contributed by atoms with van der Waals surface area (Å²) >= 11 is 0. The van der Waals surface area contributed by atoms with Crippen LogP contribution in [0.15, 0.2) is 30.3 Å². The van der Waals surface area contributed by atoms with Gasteiger partial charge in [-0.1, -0.05) is 89.1 Å². The molecular formula is C20H32O2. The molecule has 0 aliphatic rings. The summed E-state index contributed by atoms with van der Waals surface area (Å²) in [4.78, 5) is 12.3. The van der Waals surface area contributed by atoms with E-state index in [4.69, 9.17) is 4.74 Å². The summed E-state index contributed by atoms with van der Waals surface area (Å²) in [6.45, 7) is 4.77. The SMILES string of the molecule is CCCCCCCCC(CCC)C(=O)OCc1ccccc1. The van der Waals surface area contributed by atoms with Crippen molar-refractivity contribution < 1.29 is 9.53 Å². The van der Waals surface area contributed by atoms with E-state index >= 15 is 0 Å². The second-order valence-corrected chi connectivity index (χ2v) is 6.14. The fourth-order valence-corrected chi connectivity index (χ4v) is 2.75. The predicted octanol–water partition coefficient (Wildman–Crippen LogP) is 5.90. The molecule has 0 fully saturated rings. The lowest BCUT2D eigenvalue weighted by Gasteiger charge is -2.15. The van der Waals surface area contributed by atoms with E-state index in [0.29, 0.717) is 6.61 Å². The van der Waals surface area contributed by atoms with Crippen molar-refractivity contribution >= 4 is 5.97 Å². The first kappa shape index (κ1) is 18.7. The standard InChI is InChI=1S/C20H32O2/c1-3-5-6-7-8-12-16-19(13-4-2)20(21)22-17-18-14-10-9-11-15-18/h9-11,14-15,19H,3-8,12-13,16-17H2,1-2H3. The zero-order chi connectivity index (χ0) is 16.0. The number of carbonyl (C=O) groups is 1. The number of hydrogen-bond donors (Lipinski definition) is 0. The Bertz CT molecular complexity index is 386. The molecule has 2 nitrogen and oxygen atoms in total. The van der Waals surface area contributed by atoms with Crippen LogP contribution in [-0.4, -0.2) is 5.97 Å². The Morgan fingerprint density at radius 1 is 0.909 bits per heavy atom. The normalized spacial score (nSPS) is 12.1. The van der Waals surface area contributed by atoms with Gasteiger partial charge in [0.25, 0.3) is 0 Å². The fraction of sp³-hybridized carbons (Fsp3) is 0.650. The number of rotatable bonds is 12. The number of esters is 1. The van der Waals surface area contributed by atoms with Crippen LogP contribution >= 0.6 is 0 Å². The molecule has 1 aromatic rings. The Balaban J connectivity index is 2.27. The fourth-order valence-electron chi connectivity index (χ4n) is 2.75. The molecule has 0 heterocycles. The zero-order valence-corrected chi connectivity index (χ0v) is 14.4. The molecule has 0 saturated carbocycles. The highest BCUT2D eigenvalue weighted by atomic mass is 16.5. The smallest absolute Gasteiger partial charge is 0.309 e. The summed E-state index contributed by atoms with van der Waals surface area (Å²) in [5.41, 5.74) is 1.06. The van der Waals surface area contributed by atoms with Gasteiger partial charge in [-0.05, 0) is 18.4 Å². The van der Waals surface area contributed by atoms with Gasteiger partial charge in [-0.3, -0.25) is 4.79 Å². The minimum atomic E-state index is -0.0146. The van der Waals surface area contributed by atoms with Crippen LogP contribution in [0.5, 0.6) is 0 Å². The minimum Gasteiger partial charge on any atom is -0.461 e. The maximum atomic E-state index is 12.3. The molecule has 0 radical (unpaired) electrons. The number of benzene rings is 1. The molecule has 2 heteroatoms. The van der Waals surface area contributed by atoms with Crippen molar-refractivity contribution in [1.82, 2.24) is 0 Å². The molecule has 1 atom stereocenters. The molecule has 0 amide bonds. The second kappa shape index (κ2) is 12.3. The van der Waals surface area contributed by atoms with E-state index in [1.165, 1.54) is 32.1 Å². The topological polar surface area (TPSA) is 26.3 Å². The van der Waals surface area contributed by atoms with E-state index in [1.807, 2.05) is 30.3 Å². The van der Waals surface area contributed by atoms with Crippen molar-refractivity contribution in [1.29, 1.82) is 0 Å². The summed E-state index contributed by atoms with van der Waals surface area (Å²) in [6.07, 6.45) is 10.6. The van der Waals surface area contributed by atoms with E-state index in [2.05, 4.69) is 13.8 Å². The molecule has 0 aliphatic carbocycles. The molecule has 0 bridgehead atoms. The number of unbranched alkanes of at least 4 members (excludes halogenated alkanes) is 5. The third kappa shape index (κ3) is 8.21. The lowest BCUT2D eigenvalue weighted by Crippen LogP contribution is -2.17. The molecule has 22 heavy (non-hydrogen) atoms. The number of hydrogen-bond acceptors (Lipinski definition) is 2. The van der Waals surface area contributed by atoms with E-state index < -0.39 is 0 Å². The van der Waals surface area contributed by atoms with E-state index in [9.17, 15) is 4.79 Å². The monoisotopic (exact) mass is 304 g/mol. The molecule has 124 valence electrons. The van der Waals surface area contributed by atoms with Gasteiger partial charge in [-0.2, -0.15) is 0 Å². The third-order valence-electron chi connectivity index (χ3n) is 4.10. The van der Waals surface area contributed by atoms with Crippen LogP contribution in [0.4, 0.5) is 0 Å². The summed E-state index contributed by atoms with van der Waals surface area (Å²) < 4.78 is 5.50. The van der Waals surface area contributed by atoms with Crippen molar-refractivity contribution in [2.75, 3.05) is 0 Å². The molecular weight excluding hydrogens is 272 g/mol. The summed E-state index contributed by atoms with van der Waals surface area (Å²) in [5, 5.41) is 0. The highest BCUT2D eigenvalue weighted by Crippen LogP contribution is 2.19. The first-order chi connectivity index (χ1) is 10.8. The molecule has 1 unspecified atom stereocenters. The Kier molecular flexibility index (Phi) is 10.4. The summed E-state index contributed by atoms with van der Waals surface area (Å²) in [5.74, 6) is 0.0687. The van der Waals surface area contributed by atoms with Crippen molar-refractivity contribution in [3.63, 3.8) is 0 Å². The van der Waals surface area contributed by atoms with E-state index in [-0.39, 0.29) is 11.9 Å². The zero-order valence-electron chi connectivity index (χ0n) is 14.4. The maximum Gasteiger partial charge on any atom is 0.309 e. The van der Waals surface area contributed by atoms with Crippen LogP contribution in [0.2, 0.25) is 0 Å². The lowest BCUT2D eigenvalue weighted by molar-refractivity contribution is -0.150. The van der Waals surface area contributed by atoms with Crippen LogP contribution < -0.4 is 0 Å². The van der Waals surface area contributed by atoms with Crippen molar-refractivity contribution in [3.05, 3.63) is 35.9 Å². The highest BCUT2D eigenvalue weighted by molar-refractivity contribution is 5.72. The third-order valence-corrected chi connectivity index (χ3v) is 4.10. The van der Waals surface area contributed by atoms with E-state index in [1.54, 1.807) is 0 Å². The second-order valence-electron chi connectivity index (χ2n) is 6.14. The minimum absolute atomic E-state index is 0.0146. The molecule has 1 rings (SSSR count). The molecule has 0 spiro atoms. The average molecular weight is 304 g/mol. The highest BCUT2D eigenvalue weighted by Gasteiger charge is 2.18. The van der Waals surface area contributed by atoms with Gasteiger partial charge in [0.2, 0.25) is 0 Å². The van der Waals surface area contributed by atoms with Gasteiger partial charge in [-0.25, -0.2) is 0 Å². The number of ether oxygens (including phenoxy) is 1. The Labute approximate surface area is 136 Å². The van der Waals surface area contributed by atoms with Crippen LogP contribution in [0.25, 0.3) is 0 Å². The molecule has 0 aromatic heterocycles. The Morgan fingerprint density at radius 2 is 1.59 bits per heavy atom. The van der Waals surface area contributed by atoms with E-state index in [0.717, 1.165) is 31.2 Å². The molecule has 0 aliphatic heterocycles. The Morgan fingerprint density at radius 3 is 2.27 bits per heavy atom. The summed E-state index contributed by atoms with van der Waals surface area (Å²) in [7, 11) is 0. The van der Waals surface area contributed by atoms with Crippen molar-refractivity contribution in [3.8, 4) is 0 Å². The largest absolute Gasteiger partial charge is 0.461 e. The van der Waals surface area contributed by atoms with Crippen LogP contribution in [-0.2, 0) is 16.1 Å². The molecule has 0 saturated heterocycles. The van der Waals surface area contributed by atoms with Gasteiger partial charge in [0.05, 0.1) is 5.92 Å². The predicted molar refractivity (Wildman–Crippen MR) is 92.6 cm³/mol. The van der Waals surface area contributed by atoms with Gasteiger partial charge in [0, 0.05) is 0 Å². The average Bonchev–Trinajstić information content (AvgIpc) is 2.55. The van der Waals surface area contributed by atoms with Gasteiger partial charge < -0.3 is 4.74 Å². The van der Waals surface area contributed by atoms with Gasteiger partial charge >= 0.3 is 5.97 Å². The first-order valence-electron chi connectivity index (χ1n) is 8.98. The maximum absolute atomic E-state index is 12.3. The number of carbonyl (C=O) groups excluding carboxylic acids is 1. The molecule has 0 N–H and O–H groups in total. The van der Waals surface area contributed by atoms with Crippen LogP contribution in [0.3, 0.4) is 0 Å². The quantitative estimate of drug-likeness (QED) is 0.355. The van der Waals surface area contributed by atoms with Crippen molar-refractivity contribution in [2.24, 2.45) is 5.92 Å². The molecule has 1 aromatic carbocycles. The Hall–Kier alpha value is -1.31. The van der Waals surface area contributed by atoms with Gasteiger partial charge in [0.15, 0.2) is 0 Å². The first-order valence-corrected chi connectivity index (χ1v) is 8.98. The van der Waals surface area contributed by atoms with Crippen LogP contribution in [0, 0.1) is 5.92 Å². The van der Waals surface area contributed by atoms with Crippen LogP contribution in [0.1, 0.15) is 77.2 Å². The summed E-state index contributed by atoms with van der Waals surface area (Å²) in [6, 6.07) is 9.92. The van der Waals surface area contributed by atoms with Gasteiger partial charge in [0.1, 0.15) is 6.61 Å². The van der Waals surface area contributed by atoms with Crippen molar-refractivity contribution in [2.45, 2.75) is 78.2 Å².